The number of hydrogen-bond acceptors (Lipinski definition) is 4. The van der Waals surface area contributed by atoms with E-state index < -0.39 is 0 Å². The molecule has 2 atom stereocenters. The van der Waals surface area contributed by atoms with E-state index >= 15 is 0 Å². The normalized spacial score (nSPS) is 22.7. The molecule has 0 aromatic carbocycles. The first-order chi connectivity index (χ1) is 10.4. The number of carbonyl (C=O) groups excluding carboxylic acids is 1. The molecular weight excluding hydrogens is 296 g/mol. The third-order valence-corrected chi connectivity index (χ3v) is 5.50. The highest BCUT2D eigenvalue weighted by Crippen LogP contribution is 2.29. The van der Waals surface area contributed by atoms with E-state index in [2.05, 4.69) is 37.9 Å². The van der Waals surface area contributed by atoms with E-state index in [-0.39, 0.29) is 5.91 Å². The highest BCUT2D eigenvalue weighted by molar-refractivity contribution is 7.19. The molecule has 0 saturated carbocycles. The SMILES string of the molecule is Cc1c(C(=O)N2CC(C)CC(C)C2)sc2nnc(C(C)C)n12. The minimum Gasteiger partial charge on any atom is -0.337 e. The van der Waals surface area contributed by atoms with Gasteiger partial charge in [-0.05, 0) is 25.2 Å². The molecule has 22 heavy (non-hydrogen) atoms. The lowest BCUT2D eigenvalue weighted by Gasteiger charge is -2.34. The topological polar surface area (TPSA) is 50.5 Å². The number of aromatic nitrogens is 3. The molecule has 3 rings (SSSR count). The van der Waals surface area contributed by atoms with E-state index in [1.807, 2.05) is 16.2 Å². The van der Waals surface area contributed by atoms with Crippen molar-refractivity contribution in [1.29, 1.82) is 0 Å². The maximum atomic E-state index is 12.9. The molecule has 0 spiro atoms. The van der Waals surface area contributed by atoms with Crippen molar-refractivity contribution in [3.63, 3.8) is 0 Å². The lowest BCUT2D eigenvalue weighted by atomic mass is 9.92. The van der Waals surface area contributed by atoms with Crippen molar-refractivity contribution in [3.05, 3.63) is 16.4 Å². The van der Waals surface area contributed by atoms with Gasteiger partial charge in [0.05, 0.1) is 0 Å². The number of thiazole rings is 1. The van der Waals surface area contributed by atoms with Gasteiger partial charge in [0.15, 0.2) is 0 Å². The molecule has 0 radical (unpaired) electrons. The third kappa shape index (κ3) is 2.53. The van der Waals surface area contributed by atoms with Crippen LogP contribution in [0.25, 0.3) is 4.96 Å². The Labute approximate surface area is 135 Å². The van der Waals surface area contributed by atoms with Crippen LogP contribution in [0.5, 0.6) is 0 Å². The first-order valence-electron chi connectivity index (χ1n) is 8.02. The van der Waals surface area contributed by atoms with Gasteiger partial charge in [-0.3, -0.25) is 9.20 Å². The average molecular weight is 320 g/mol. The zero-order valence-electron chi connectivity index (χ0n) is 14.0. The number of carbonyl (C=O) groups is 1. The molecule has 3 heterocycles. The summed E-state index contributed by atoms with van der Waals surface area (Å²) in [5.74, 6) is 2.53. The fourth-order valence-electron chi connectivity index (χ4n) is 3.47. The second kappa shape index (κ2) is 5.65. The van der Waals surface area contributed by atoms with Crippen LogP contribution in [0.15, 0.2) is 0 Å². The van der Waals surface area contributed by atoms with Crippen molar-refractivity contribution in [1.82, 2.24) is 19.5 Å². The smallest absolute Gasteiger partial charge is 0.265 e. The quantitative estimate of drug-likeness (QED) is 0.852. The summed E-state index contributed by atoms with van der Waals surface area (Å²) in [7, 11) is 0. The molecule has 0 N–H and O–H groups in total. The van der Waals surface area contributed by atoms with Gasteiger partial charge in [-0.15, -0.1) is 10.2 Å². The van der Waals surface area contributed by atoms with Crippen LogP contribution in [0.4, 0.5) is 0 Å². The molecule has 5 nitrogen and oxygen atoms in total. The first-order valence-corrected chi connectivity index (χ1v) is 8.83. The molecule has 1 fully saturated rings. The van der Waals surface area contributed by atoms with E-state index in [1.54, 1.807) is 0 Å². The molecule has 1 saturated heterocycles. The zero-order chi connectivity index (χ0) is 16.0. The minimum absolute atomic E-state index is 0.154. The lowest BCUT2D eigenvalue weighted by Crippen LogP contribution is -2.42. The number of piperidine rings is 1. The molecule has 2 aromatic rings. The van der Waals surface area contributed by atoms with E-state index in [4.69, 9.17) is 0 Å². The summed E-state index contributed by atoms with van der Waals surface area (Å²) in [6, 6.07) is 0. The molecule has 0 bridgehead atoms. The Hall–Kier alpha value is -1.43. The number of likely N-dealkylation sites (tertiary alicyclic amines) is 1. The predicted molar refractivity (Wildman–Crippen MR) is 88.5 cm³/mol. The minimum atomic E-state index is 0.154. The summed E-state index contributed by atoms with van der Waals surface area (Å²) in [6.45, 7) is 12.4. The largest absolute Gasteiger partial charge is 0.337 e. The molecule has 2 unspecified atom stereocenters. The van der Waals surface area contributed by atoms with Gasteiger partial charge in [-0.1, -0.05) is 39.0 Å². The molecule has 0 aliphatic carbocycles. The van der Waals surface area contributed by atoms with Gasteiger partial charge in [-0.25, -0.2) is 0 Å². The van der Waals surface area contributed by atoms with Gasteiger partial charge >= 0.3 is 0 Å². The van der Waals surface area contributed by atoms with Gasteiger partial charge in [0, 0.05) is 24.7 Å². The number of nitrogens with zero attached hydrogens (tertiary/aromatic N) is 4. The molecule has 1 amide bonds. The van der Waals surface area contributed by atoms with E-state index in [9.17, 15) is 4.79 Å². The Bertz CT molecular complexity index is 692. The summed E-state index contributed by atoms with van der Waals surface area (Å²) < 4.78 is 2.04. The number of fused-ring (bicyclic) bond motifs is 1. The van der Waals surface area contributed by atoms with Crippen molar-refractivity contribution in [3.8, 4) is 0 Å². The molecule has 2 aromatic heterocycles. The predicted octanol–water partition coefficient (Wildman–Crippen LogP) is 3.34. The number of aryl methyl sites for hydroxylation is 1. The van der Waals surface area contributed by atoms with Gasteiger partial charge in [0.2, 0.25) is 4.96 Å². The fourth-order valence-corrected chi connectivity index (χ4v) is 4.52. The van der Waals surface area contributed by atoms with Gasteiger partial charge in [-0.2, -0.15) is 0 Å². The van der Waals surface area contributed by atoms with Gasteiger partial charge in [0.1, 0.15) is 10.7 Å². The monoisotopic (exact) mass is 320 g/mol. The van der Waals surface area contributed by atoms with Crippen LogP contribution in [0.2, 0.25) is 0 Å². The zero-order valence-corrected chi connectivity index (χ0v) is 14.8. The van der Waals surface area contributed by atoms with Crippen LogP contribution in [0.3, 0.4) is 0 Å². The number of rotatable bonds is 2. The Morgan fingerprint density at radius 1 is 1.23 bits per heavy atom. The first kappa shape index (κ1) is 15.5. The maximum absolute atomic E-state index is 12.9. The summed E-state index contributed by atoms with van der Waals surface area (Å²) >= 11 is 1.46. The van der Waals surface area contributed by atoms with Crippen LogP contribution >= 0.6 is 11.3 Å². The Kier molecular flexibility index (Phi) is 3.97. The third-order valence-electron chi connectivity index (χ3n) is 4.38. The molecular formula is C16H24N4OS. The Balaban J connectivity index is 1.96. The van der Waals surface area contributed by atoms with Gasteiger partial charge < -0.3 is 4.90 Å². The van der Waals surface area contributed by atoms with Crippen LogP contribution < -0.4 is 0 Å². The second-order valence-electron chi connectivity index (χ2n) is 7.00. The number of amides is 1. The standard InChI is InChI=1S/C16H24N4OS/c1-9(2)14-17-18-16-20(14)12(5)13(22-16)15(21)19-7-10(3)6-11(4)8-19/h9-11H,6-8H2,1-5H3. The van der Waals surface area contributed by atoms with Crippen molar-refractivity contribution in [2.24, 2.45) is 11.8 Å². The van der Waals surface area contributed by atoms with Crippen LogP contribution in [-0.4, -0.2) is 38.5 Å². The number of hydrogen-bond donors (Lipinski definition) is 0. The summed E-state index contributed by atoms with van der Waals surface area (Å²) in [5, 5.41) is 8.49. The van der Waals surface area contributed by atoms with Crippen molar-refractivity contribution < 1.29 is 4.79 Å². The van der Waals surface area contributed by atoms with Crippen molar-refractivity contribution >= 4 is 22.2 Å². The van der Waals surface area contributed by atoms with Crippen molar-refractivity contribution in [2.75, 3.05) is 13.1 Å². The van der Waals surface area contributed by atoms with Crippen LogP contribution in [-0.2, 0) is 0 Å². The second-order valence-corrected chi connectivity index (χ2v) is 7.98. The fraction of sp³-hybridized carbons (Fsp3) is 0.688. The van der Waals surface area contributed by atoms with E-state index in [0.717, 1.165) is 34.4 Å². The summed E-state index contributed by atoms with van der Waals surface area (Å²) in [4.78, 5) is 16.6. The highest BCUT2D eigenvalue weighted by atomic mass is 32.1. The summed E-state index contributed by atoms with van der Waals surface area (Å²) in [6.07, 6.45) is 1.21. The van der Waals surface area contributed by atoms with Gasteiger partial charge in [0.25, 0.3) is 5.91 Å². The molecule has 1 aliphatic rings. The highest BCUT2D eigenvalue weighted by Gasteiger charge is 2.29. The van der Waals surface area contributed by atoms with Crippen molar-refractivity contribution in [2.45, 2.75) is 47.0 Å². The van der Waals surface area contributed by atoms with Crippen LogP contribution in [0, 0.1) is 18.8 Å². The van der Waals surface area contributed by atoms with Crippen LogP contribution in [0.1, 0.15) is 61.2 Å². The summed E-state index contributed by atoms with van der Waals surface area (Å²) in [5.41, 5.74) is 0.976. The van der Waals surface area contributed by atoms with E-state index in [1.165, 1.54) is 17.8 Å². The molecule has 1 aliphatic heterocycles. The lowest BCUT2D eigenvalue weighted by molar-refractivity contribution is 0.0627. The molecule has 6 heteroatoms. The maximum Gasteiger partial charge on any atom is 0.265 e. The Morgan fingerprint density at radius 2 is 1.86 bits per heavy atom. The Morgan fingerprint density at radius 3 is 2.45 bits per heavy atom. The average Bonchev–Trinajstić information content (AvgIpc) is 2.98. The van der Waals surface area contributed by atoms with E-state index in [0.29, 0.717) is 17.8 Å². The molecule has 120 valence electrons.